The Balaban J connectivity index is 1.42. The predicted octanol–water partition coefficient (Wildman–Crippen LogP) is 6.24. The third-order valence-corrected chi connectivity index (χ3v) is 7.27. The van der Waals surface area contributed by atoms with E-state index in [0.717, 1.165) is 42.9 Å². The van der Waals surface area contributed by atoms with Crippen molar-refractivity contribution in [3.63, 3.8) is 0 Å². The molecule has 4 rings (SSSR count). The lowest BCUT2D eigenvalue weighted by Crippen LogP contribution is -2.29. The number of nitrogens with zero attached hydrogens (tertiary/aromatic N) is 3. The molecule has 0 spiro atoms. The maximum atomic E-state index is 6.43. The second-order valence-electron chi connectivity index (χ2n) is 8.70. The molecule has 1 saturated heterocycles. The predicted molar refractivity (Wildman–Crippen MR) is 140 cm³/mol. The Bertz CT molecular complexity index is 1170. The third-order valence-electron chi connectivity index (χ3n) is 6.33. The van der Waals surface area contributed by atoms with Crippen LogP contribution >= 0.6 is 23.2 Å². The van der Waals surface area contributed by atoms with Crippen molar-refractivity contribution in [1.82, 2.24) is 14.9 Å². The average molecular weight is 517 g/mol. The van der Waals surface area contributed by atoms with Gasteiger partial charge in [0, 0.05) is 5.56 Å². The van der Waals surface area contributed by atoms with Gasteiger partial charge in [0.15, 0.2) is 5.75 Å². The molecule has 186 valence electrons. The molecule has 0 atom stereocenters. The second-order valence-corrected chi connectivity index (χ2v) is 9.45. The van der Waals surface area contributed by atoms with E-state index in [4.69, 9.17) is 37.4 Å². The highest BCUT2D eigenvalue weighted by atomic mass is 35.5. The Morgan fingerprint density at radius 1 is 1.00 bits per heavy atom. The normalized spacial score (nSPS) is 14.6. The first-order chi connectivity index (χ1) is 16.9. The highest BCUT2D eigenvalue weighted by Crippen LogP contribution is 2.37. The van der Waals surface area contributed by atoms with Crippen LogP contribution in [0.25, 0.3) is 0 Å². The SMILES string of the molecule is COc1cc(C2CCN(C)CC2)ccc1Nc1ncc(OCc2c(Cl)c(C)cc(OC)c2Cl)cn1. The number of nitrogens with one attached hydrogen (secondary N) is 1. The van der Waals surface area contributed by atoms with Gasteiger partial charge in [-0.1, -0.05) is 29.3 Å². The summed E-state index contributed by atoms with van der Waals surface area (Å²) in [5, 5.41) is 4.21. The van der Waals surface area contributed by atoms with Crippen molar-refractivity contribution >= 4 is 34.8 Å². The van der Waals surface area contributed by atoms with Crippen LogP contribution in [0.5, 0.6) is 17.2 Å². The third kappa shape index (κ3) is 5.92. The molecule has 0 bridgehead atoms. The molecule has 1 aliphatic heterocycles. The van der Waals surface area contributed by atoms with E-state index in [1.807, 2.05) is 13.0 Å². The molecule has 3 aromatic rings. The van der Waals surface area contributed by atoms with Gasteiger partial charge >= 0.3 is 0 Å². The van der Waals surface area contributed by atoms with Gasteiger partial charge in [-0.25, -0.2) is 9.97 Å². The number of piperidine rings is 1. The lowest BCUT2D eigenvalue weighted by atomic mass is 9.89. The lowest BCUT2D eigenvalue weighted by molar-refractivity contribution is 0.255. The Morgan fingerprint density at radius 3 is 2.34 bits per heavy atom. The average Bonchev–Trinajstić information content (AvgIpc) is 2.88. The van der Waals surface area contributed by atoms with Crippen LogP contribution in [-0.2, 0) is 6.61 Å². The summed E-state index contributed by atoms with van der Waals surface area (Å²) in [5.74, 6) is 2.81. The molecule has 0 amide bonds. The van der Waals surface area contributed by atoms with Crippen molar-refractivity contribution in [2.24, 2.45) is 0 Å². The van der Waals surface area contributed by atoms with E-state index in [1.165, 1.54) is 5.56 Å². The number of likely N-dealkylation sites (tertiary alicyclic amines) is 1. The number of methoxy groups -OCH3 is 2. The molecule has 2 aromatic carbocycles. The van der Waals surface area contributed by atoms with Gasteiger partial charge in [-0.05, 0) is 75.1 Å². The van der Waals surface area contributed by atoms with Gasteiger partial charge in [-0.15, -0.1) is 0 Å². The molecular weight excluding hydrogens is 487 g/mol. The van der Waals surface area contributed by atoms with Crippen LogP contribution in [0, 0.1) is 6.92 Å². The number of halogens is 2. The molecule has 7 nitrogen and oxygen atoms in total. The number of aryl methyl sites for hydroxylation is 1. The summed E-state index contributed by atoms with van der Waals surface area (Å²) >= 11 is 12.8. The van der Waals surface area contributed by atoms with E-state index in [1.54, 1.807) is 32.7 Å². The maximum Gasteiger partial charge on any atom is 0.227 e. The Kier molecular flexibility index (Phi) is 8.21. The molecule has 0 saturated carbocycles. The van der Waals surface area contributed by atoms with Gasteiger partial charge in [0.05, 0.1) is 42.3 Å². The summed E-state index contributed by atoms with van der Waals surface area (Å²) < 4.78 is 16.8. The molecule has 1 aromatic heterocycles. The van der Waals surface area contributed by atoms with E-state index in [2.05, 4.69) is 39.4 Å². The highest BCUT2D eigenvalue weighted by molar-refractivity contribution is 6.37. The molecule has 0 aliphatic carbocycles. The van der Waals surface area contributed by atoms with Gasteiger partial charge < -0.3 is 24.4 Å². The van der Waals surface area contributed by atoms with E-state index >= 15 is 0 Å². The molecule has 1 aliphatic rings. The standard InChI is InChI=1S/C26H30Cl2N4O3/c1-16-11-23(34-4)25(28)20(24(16)27)15-35-19-13-29-26(30-14-19)31-21-6-5-18(12-22(21)33-3)17-7-9-32(2)10-8-17/h5-6,11-14,17H,7-10,15H2,1-4H3,(H,29,30,31). The van der Waals surface area contributed by atoms with Gasteiger partial charge in [-0.3, -0.25) is 0 Å². The number of ether oxygens (including phenoxy) is 3. The van der Waals surface area contributed by atoms with E-state index < -0.39 is 0 Å². The quantitative estimate of drug-likeness (QED) is 0.379. The minimum Gasteiger partial charge on any atom is -0.495 e. The number of rotatable bonds is 8. The first kappa shape index (κ1) is 25.4. The number of anilines is 2. The largest absolute Gasteiger partial charge is 0.495 e. The molecule has 0 radical (unpaired) electrons. The van der Waals surface area contributed by atoms with Crippen LogP contribution in [0.3, 0.4) is 0 Å². The molecular formula is C26H30Cl2N4O3. The van der Waals surface area contributed by atoms with Gasteiger partial charge in [0.25, 0.3) is 0 Å². The van der Waals surface area contributed by atoms with Crippen LogP contribution in [0.2, 0.25) is 10.0 Å². The van der Waals surface area contributed by atoms with Crippen molar-refractivity contribution in [3.8, 4) is 17.2 Å². The van der Waals surface area contributed by atoms with Crippen LogP contribution < -0.4 is 19.5 Å². The van der Waals surface area contributed by atoms with Gasteiger partial charge in [0.2, 0.25) is 5.95 Å². The summed E-state index contributed by atoms with van der Waals surface area (Å²) in [5.41, 5.74) is 3.62. The van der Waals surface area contributed by atoms with Crippen LogP contribution in [0.15, 0.2) is 36.7 Å². The molecule has 0 unspecified atom stereocenters. The highest BCUT2D eigenvalue weighted by Gasteiger charge is 2.20. The van der Waals surface area contributed by atoms with Crippen molar-refractivity contribution in [1.29, 1.82) is 0 Å². The zero-order chi connectivity index (χ0) is 24.9. The van der Waals surface area contributed by atoms with Crippen molar-refractivity contribution in [2.75, 3.05) is 39.7 Å². The Morgan fingerprint density at radius 2 is 1.69 bits per heavy atom. The maximum absolute atomic E-state index is 6.43. The topological polar surface area (TPSA) is 68.7 Å². The fourth-order valence-electron chi connectivity index (χ4n) is 4.22. The summed E-state index contributed by atoms with van der Waals surface area (Å²) in [6.45, 7) is 4.29. The van der Waals surface area contributed by atoms with E-state index in [0.29, 0.717) is 39.0 Å². The Labute approximate surface area is 216 Å². The first-order valence-electron chi connectivity index (χ1n) is 11.5. The van der Waals surface area contributed by atoms with Crippen molar-refractivity contribution in [3.05, 3.63) is 63.4 Å². The second kappa shape index (κ2) is 11.3. The van der Waals surface area contributed by atoms with Crippen LogP contribution in [0.4, 0.5) is 11.6 Å². The van der Waals surface area contributed by atoms with E-state index in [9.17, 15) is 0 Å². The molecule has 1 N–H and O–H groups in total. The van der Waals surface area contributed by atoms with Crippen LogP contribution in [-0.4, -0.2) is 49.2 Å². The molecule has 9 heteroatoms. The lowest BCUT2D eigenvalue weighted by Gasteiger charge is -2.29. The summed E-state index contributed by atoms with van der Waals surface area (Å²) in [6, 6.07) is 8.09. The van der Waals surface area contributed by atoms with Crippen molar-refractivity contribution < 1.29 is 14.2 Å². The number of hydrogen-bond donors (Lipinski definition) is 1. The zero-order valence-electron chi connectivity index (χ0n) is 20.4. The fraction of sp³-hybridized carbons (Fsp3) is 0.385. The first-order valence-corrected chi connectivity index (χ1v) is 12.2. The van der Waals surface area contributed by atoms with E-state index in [-0.39, 0.29) is 6.61 Å². The van der Waals surface area contributed by atoms with Gasteiger partial charge in [-0.2, -0.15) is 0 Å². The zero-order valence-corrected chi connectivity index (χ0v) is 21.9. The summed E-state index contributed by atoms with van der Waals surface area (Å²) in [4.78, 5) is 11.1. The fourth-order valence-corrected chi connectivity index (χ4v) is 4.75. The Hall–Kier alpha value is -2.74. The summed E-state index contributed by atoms with van der Waals surface area (Å²) in [7, 11) is 5.41. The summed E-state index contributed by atoms with van der Waals surface area (Å²) in [6.07, 6.45) is 5.51. The van der Waals surface area contributed by atoms with Crippen molar-refractivity contribution in [2.45, 2.75) is 32.3 Å². The van der Waals surface area contributed by atoms with Gasteiger partial charge in [0.1, 0.15) is 18.1 Å². The number of aromatic nitrogens is 2. The number of benzene rings is 2. The van der Waals surface area contributed by atoms with Crippen LogP contribution in [0.1, 0.15) is 35.4 Å². The number of hydrogen-bond acceptors (Lipinski definition) is 7. The minimum absolute atomic E-state index is 0.165. The molecule has 2 heterocycles. The monoisotopic (exact) mass is 516 g/mol. The smallest absolute Gasteiger partial charge is 0.227 e. The minimum atomic E-state index is 0.165. The molecule has 1 fully saturated rings. The molecule has 35 heavy (non-hydrogen) atoms.